The van der Waals surface area contributed by atoms with Gasteiger partial charge in [-0.15, -0.1) is 0 Å². The van der Waals surface area contributed by atoms with Gasteiger partial charge in [0.15, 0.2) is 0 Å². The van der Waals surface area contributed by atoms with Crippen LogP contribution in [0, 0.1) is 11.3 Å². The Labute approximate surface area is 89.7 Å². The largest absolute Gasteiger partial charge is 0.501 e. The first kappa shape index (κ1) is 11.9. The number of halogens is 2. The van der Waals surface area contributed by atoms with Gasteiger partial charge in [0.05, 0.1) is 12.5 Å². The molecule has 0 amide bonds. The van der Waals surface area contributed by atoms with Crippen LogP contribution in [0.4, 0.5) is 8.78 Å². The van der Waals surface area contributed by atoms with Crippen molar-refractivity contribution in [2.75, 3.05) is 0 Å². The normalized spacial score (nSPS) is 10.6. The molecule has 6 heteroatoms. The summed E-state index contributed by atoms with van der Waals surface area (Å²) in [6.45, 7) is 0. The van der Waals surface area contributed by atoms with E-state index in [2.05, 4.69) is 4.74 Å². The number of nitrogens with zero attached hydrogens (tertiary/aromatic N) is 1. The maximum atomic E-state index is 12.6. The lowest BCUT2D eigenvalue weighted by Crippen LogP contribution is -2.34. The molecule has 0 unspecified atom stereocenters. The zero-order chi connectivity index (χ0) is 12.2. The molecule has 1 rings (SSSR count). The Morgan fingerprint density at radius 3 is 2.44 bits per heavy atom. The topological polar surface area (TPSA) is 70.3 Å². The van der Waals surface area contributed by atoms with E-state index < -0.39 is 12.1 Å². The summed E-state index contributed by atoms with van der Waals surface area (Å²) in [4.78, 5) is 10.1. The number of carboxylic acid groups (broad SMARTS) is 1. The minimum Gasteiger partial charge on any atom is -0.474 e. The Balaban J connectivity index is 2.77. The summed E-state index contributed by atoms with van der Waals surface area (Å²) < 4.78 is 29.2. The Kier molecular flexibility index (Phi) is 3.40. The summed E-state index contributed by atoms with van der Waals surface area (Å²) in [5.74, 6) is -2.62. The number of rotatable bonds is 4. The van der Waals surface area contributed by atoms with E-state index in [-0.39, 0.29) is 12.2 Å². The van der Waals surface area contributed by atoms with Crippen LogP contribution >= 0.6 is 0 Å². The van der Waals surface area contributed by atoms with Gasteiger partial charge < -0.3 is 9.84 Å². The van der Waals surface area contributed by atoms with E-state index in [1.165, 1.54) is 24.3 Å². The Hall–Kier alpha value is -2.16. The van der Waals surface area contributed by atoms with Gasteiger partial charge in [-0.1, -0.05) is 12.1 Å². The average molecular weight is 227 g/mol. The summed E-state index contributed by atoms with van der Waals surface area (Å²) in [5, 5.41) is 16.5. The quantitative estimate of drug-likeness (QED) is 0.851. The van der Waals surface area contributed by atoms with Crippen LogP contribution in [0.15, 0.2) is 24.3 Å². The molecule has 1 aromatic carbocycles. The van der Waals surface area contributed by atoms with Crippen molar-refractivity contribution in [1.82, 2.24) is 0 Å². The maximum Gasteiger partial charge on any atom is 0.501 e. The molecular formula is C10H7F2NO3. The number of carboxylic acids is 1. The van der Waals surface area contributed by atoms with Gasteiger partial charge in [0.25, 0.3) is 0 Å². The van der Waals surface area contributed by atoms with Crippen molar-refractivity contribution < 1.29 is 23.4 Å². The molecule has 0 aliphatic rings. The fourth-order valence-corrected chi connectivity index (χ4v) is 0.958. The highest BCUT2D eigenvalue weighted by Gasteiger charge is 2.42. The van der Waals surface area contributed by atoms with Crippen LogP contribution in [0.1, 0.15) is 5.56 Å². The lowest BCUT2D eigenvalue weighted by atomic mass is 10.2. The van der Waals surface area contributed by atoms with Crippen molar-refractivity contribution in [3.63, 3.8) is 0 Å². The number of nitriles is 1. The second-order valence-electron chi connectivity index (χ2n) is 2.90. The van der Waals surface area contributed by atoms with Gasteiger partial charge in [0.2, 0.25) is 0 Å². The van der Waals surface area contributed by atoms with E-state index in [1.54, 1.807) is 0 Å². The molecule has 0 aliphatic carbocycles. The molecule has 0 saturated heterocycles. The summed E-state index contributed by atoms with van der Waals surface area (Å²) in [5.41, 5.74) is 0.633. The highest BCUT2D eigenvalue weighted by molar-refractivity contribution is 5.73. The molecule has 16 heavy (non-hydrogen) atoms. The van der Waals surface area contributed by atoms with Crippen LogP contribution in [-0.2, 0) is 11.2 Å². The molecule has 1 aromatic rings. The molecular weight excluding hydrogens is 220 g/mol. The van der Waals surface area contributed by atoms with Crippen molar-refractivity contribution in [2.24, 2.45) is 0 Å². The number of ether oxygens (including phenoxy) is 1. The smallest absolute Gasteiger partial charge is 0.474 e. The van der Waals surface area contributed by atoms with Crippen molar-refractivity contribution in [2.45, 2.75) is 12.5 Å². The molecule has 4 nitrogen and oxygen atoms in total. The van der Waals surface area contributed by atoms with Crippen molar-refractivity contribution in [3.8, 4) is 11.8 Å². The van der Waals surface area contributed by atoms with Crippen LogP contribution in [0.5, 0.6) is 5.75 Å². The molecule has 0 saturated carbocycles. The minimum atomic E-state index is -4.25. The maximum absolute atomic E-state index is 12.6. The molecule has 0 atom stereocenters. The fourth-order valence-electron chi connectivity index (χ4n) is 0.958. The SMILES string of the molecule is N#CCc1ccc(OC(F)(F)C(=O)O)cc1. The lowest BCUT2D eigenvalue weighted by Gasteiger charge is -2.13. The zero-order valence-electron chi connectivity index (χ0n) is 7.98. The number of benzene rings is 1. The Bertz CT molecular complexity index is 423. The number of alkyl halides is 2. The van der Waals surface area contributed by atoms with Gasteiger partial charge in [-0.25, -0.2) is 4.79 Å². The highest BCUT2D eigenvalue weighted by Crippen LogP contribution is 2.22. The number of hydrogen-bond donors (Lipinski definition) is 1. The monoisotopic (exact) mass is 227 g/mol. The van der Waals surface area contributed by atoms with Crippen molar-refractivity contribution in [1.29, 1.82) is 5.26 Å². The van der Waals surface area contributed by atoms with Crippen molar-refractivity contribution >= 4 is 5.97 Å². The van der Waals surface area contributed by atoms with Crippen LogP contribution in [0.2, 0.25) is 0 Å². The third-order valence-corrected chi connectivity index (χ3v) is 1.70. The van der Waals surface area contributed by atoms with Gasteiger partial charge in [-0.2, -0.15) is 14.0 Å². The van der Waals surface area contributed by atoms with E-state index in [9.17, 15) is 13.6 Å². The van der Waals surface area contributed by atoms with E-state index in [0.717, 1.165) is 0 Å². The molecule has 84 valence electrons. The Morgan fingerprint density at radius 1 is 1.44 bits per heavy atom. The molecule has 1 N–H and O–H groups in total. The van der Waals surface area contributed by atoms with E-state index in [4.69, 9.17) is 10.4 Å². The second kappa shape index (κ2) is 4.57. The van der Waals surface area contributed by atoms with Gasteiger partial charge in [0, 0.05) is 0 Å². The first-order valence-electron chi connectivity index (χ1n) is 4.22. The number of carbonyl (C=O) groups is 1. The molecule has 0 heterocycles. The molecule has 0 spiro atoms. The molecule has 0 aromatic heterocycles. The summed E-state index contributed by atoms with van der Waals surface area (Å²) in [6.07, 6.45) is -4.10. The van der Waals surface area contributed by atoms with E-state index >= 15 is 0 Å². The molecule has 0 bridgehead atoms. The minimum absolute atomic E-state index is 0.148. The number of hydrogen-bond acceptors (Lipinski definition) is 3. The average Bonchev–Trinajstić information content (AvgIpc) is 2.21. The van der Waals surface area contributed by atoms with Gasteiger partial charge in [-0.3, -0.25) is 0 Å². The first-order chi connectivity index (χ1) is 7.45. The molecule has 0 aliphatic heterocycles. The lowest BCUT2D eigenvalue weighted by molar-refractivity contribution is -0.210. The standard InChI is InChI=1S/C10H7F2NO3/c11-10(12,9(14)15)16-8-3-1-7(2-4-8)5-6-13/h1-4H,5H2,(H,14,15). The van der Waals surface area contributed by atoms with Crippen molar-refractivity contribution in [3.05, 3.63) is 29.8 Å². The van der Waals surface area contributed by atoms with Crippen LogP contribution < -0.4 is 4.74 Å². The van der Waals surface area contributed by atoms with Crippen LogP contribution in [0.3, 0.4) is 0 Å². The van der Waals surface area contributed by atoms with Gasteiger partial charge >= 0.3 is 12.1 Å². The zero-order valence-corrected chi connectivity index (χ0v) is 7.98. The fraction of sp³-hybridized carbons (Fsp3) is 0.200. The molecule has 0 fully saturated rings. The van der Waals surface area contributed by atoms with Gasteiger partial charge in [0.1, 0.15) is 5.75 Å². The first-order valence-corrected chi connectivity index (χ1v) is 4.22. The summed E-state index contributed by atoms with van der Waals surface area (Å²) in [7, 11) is 0. The van der Waals surface area contributed by atoms with Gasteiger partial charge in [-0.05, 0) is 17.7 Å². The second-order valence-corrected chi connectivity index (χ2v) is 2.90. The third-order valence-electron chi connectivity index (χ3n) is 1.70. The predicted molar refractivity (Wildman–Crippen MR) is 49.0 cm³/mol. The highest BCUT2D eigenvalue weighted by atomic mass is 19.3. The Morgan fingerprint density at radius 2 is 2.00 bits per heavy atom. The summed E-state index contributed by atoms with van der Waals surface area (Å²) >= 11 is 0. The molecule has 0 radical (unpaired) electrons. The predicted octanol–water partition coefficient (Wildman–Crippen LogP) is 1.81. The van der Waals surface area contributed by atoms with Crippen LogP contribution in [-0.4, -0.2) is 17.2 Å². The third kappa shape index (κ3) is 2.92. The van der Waals surface area contributed by atoms with E-state index in [0.29, 0.717) is 5.56 Å². The van der Waals surface area contributed by atoms with Crippen LogP contribution in [0.25, 0.3) is 0 Å². The van der Waals surface area contributed by atoms with E-state index in [1.807, 2.05) is 6.07 Å². The number of aliphatic carboxylic acids is 1. The summed E-state index contributed by atoms with van der Waals surface area (Å²) in [6, 6.07) is 7.08.